The zero-order valence-electron chi connectivity index (χ0n) is 17.3. The molecule has 0 saturated carbocycles. The van der Waals surface area contributed by atoms with Gasteiger partial charge in [-0.15, -0.1) is 0 Å². The number of ether oxygens (including phenoxy) is 1. The van der Waals surface area contributed by atoms with Gasteiger partial charge in [-0.3, -0.25) is 22.9 Å². The van der Waals surface area contributed by atoms with Crippen molar-refractivity contribution >= 4 is 22.9 Å². The van der Waals surface area contributed by atoms with Gasteiger partial charge < -0.3 is 4.74 Å². The fourth-order valence-corrected chi connectivity index (χ4v) is 4.30. The number of benzene rings is 2. The highest BCUT2D eigenvalue weighted by Crippen LogP contribution is 2.31. The van der Waals surface area contributed by atoms with Crippen molar-refractivity contribution in [2.45, 2.75) is 6.61 Å². The van der Waals surface area contributed by atoms with Crippen LogP contribution in [0.2, 0.25) is 0 Å². The third-order valence-corrected chi connectivity index (χ3v) is 5.96. The summed E-state index contributed by atoms with van der Waals surface area (Å²) in [5.74, 6) is 0.153. The topological polar surface area (TPSA) is 92.5 Å². The maximum Gasteiger partial charge on any atom is 0.338 e. The molecule has 1 aliphatic heterocycles. The van der Waals surface area contributed by atoms with Gasteiger partial charge in [-0.25, -0.2) is 9.59 Å². The summed E-state index contributed by atoms with van der Waals surface area (Å²) in [7, 11) is 3.05. The van der Waals surface area contributed by atoms with Gasteiger partial charge in [0, 0.05) is 37.1 Å². The van der Waals surface area contributed by atoms with Crippen LogP contribution < -0.4 is 11.2 Å². The Balaban J connectivity index is 1.75. The number of nitrogens with zero attached hydrogens (tertiary/aromatic N) is 5. The third-order valence-electron chi connectivity index (χ3n) is 5.96. The Labute approximate surface area is 180 Å². The molecule has 5 aromatic rings. The molecule has 0 aliphatic carbocycles. The predicted octanol–water partition coefficient (Wildman–Crippen LogP) is 2.01. The molecular formula is C23H17N5O4. The largest absolute Gasteiger partial charge is 0.457 e. The molecule has 6 rings (SSSR count). The van der Waals surface area contributed by atoms with Gasteiger partial charge in [-0.2, -0.15) is 4.98 Å². The Kier molecular flexibility index (Phi) is 3.62. The summed E-state index contributed by atoms with van der Waals surface area (Å²) >= 11 is 0. The average molecular weight is 427 g/mol. The Morgan fingerprint density at radius 2 is 1.75 bits per heavy atom. The van der Waals surface area contributed by atoms with Crippen LogP contribution >= 0.6 is 0 Å². The minimum atomic E-state index is -0.439. The van der Waals surface area contributed by atoms with Gasteiger partial charge in [0.1, 0.15) is 6.61 Å². The predicted molar refractivity (Wildman–Crippen MR) is 117 cm³/mol. The number of aromatic nitrogens is 5. The van der Waals surface area contributed by atoms with E-state index in [1.807, 2.05) is 53.2 Å². The maximum absolute atomic E-state index is 13.0. The van der Waals surface area contributed by atoms with Crippen molar-refractivity contribution in [2.75, 3.05) is 0 Å². The van der Waals surface area contributed by atoms with E-state index in [-0.39, 0.29) is 12.6 Å². The average Bonchev–Trinajstić information content (AvgIpc) is 3.48. The van der Waals surface area contributed by atoms with Crippen LogP contribution in [0, 0.1) is 0 Å². The van der Waals surface area contributed by atoms with E-state index in [0.717, 1.165) is 27.1 Å². The second-order valence-corrected chi connectivity index (χ2v) is 7.79. The number of cyclic esters (lactones) is 1. The molecule has 4 heterocycles. The molecule has 2 aromatic carbocycles. The van der Waals surface area contributed by atoms with Crippen LogP contribution in [0.4, 0.5) is 0 Å². The monoisotopic (exact) mass is 427 g/mol. The number of carbonyl (C=O) groups excluding carboxylic acids is 1. The number of fused-ring (bicyclic) bond motifs is 4. The molecule has 0 unspecified atom stereocenters. The lowest BCUT2D eigenvalue weighted by molar-refractivity contribution is 0.0535. The molecule has 3 aromatic heterocycles. The number of esters is 1. The molecule has 0 amide bonds. The number of rotatable bonds is 2. The summed E-state index contributed by atoms with van der Waals surface area (Å²) in [6.45, 7) is 0.214. The van der Waals surface area contributed by atoms with Crippen LogP contribution in [0.5, 0.6) is 0 Å². The number of carbonyl (C=O) groups is 1. The van der Waals surface area contributed by atoms with Gasteiger partial charge >= 0.3 is 11.7 Å². The van der Waals surface area contributed by atoms with E-state index in [1.54, 1.807) is 17.5 Å². The van der Waals surface area contributed by atoms with Crippen LogP contribution in [0.25, 0.3) is 33.9 Å². The van der Waals surface area contributed by atoms with Crippen molar-refractivity contribution in [2.24, 2.45) is 14.1 Å². The minimum absolute atomic E-state index is 0.214. The van der Waals surface area contributed by atoms with Gasteiger partial charge in [-0.1, -0.05) is 30.3 Å². The minimum Gasteiger partial charge on any atom is -0.457 e. The molecule has 9 heteroatoms. The van der Waals surface area contributed by atoms with E-state index in [1.165, 1.54) is 11.6 Å². The Morgan fingerprint density at radius 3 is 2.53 bits per heavy atom. The number of aryl methyl sites for hydroxylation is 1. The zero-order chi connectivity index (χ0) is 22.1. The maximum atomic E-state index is 13.0. The highest BCUT2D eigenvalue weighted by molar-refractivity contribution is 5.93. The Morgan fingerprint density at radius 1 is 0.969 bits per heavy atom. The van der Waals surface area contributed by atoms with Gasteiger partial charge in [0.05, 0.1) is 11.3 Å². The summed E-state index contributed by atoms with van der Waals surface area (Å²) in [4.78, 5) is 42.0. The number of imidazole rings is 2. The van der Waals surface area contributed by atoms with Crippen molar-refractivity contribution in [1.82, 2.24) is 23.1 Å². The van der Waals surface area contributed by atoms with E-state index < -0.39 is 11.2 Å². The first-order valence-electron chi connectivity index (χ1n) is 10.0. The van der Waals surface area contributed by atoms with Crippen molar-refractivity contribution in [3.05, 3.63) is 86.7 Å². The van der Waals surface area contributed by atoms with Crippen LogP contribution in [0.1, 0.15) is 15.9 Å². The first-order valence-corrected chi connectivity index (χ1v) is 10.0. The highest BCUT2D eigenvalue weighted by Gasteiger charge is 2.25. The van der Waals surface area contributed by atoms with Gasteiger partial charge in [0.2, 0.25) is 5.78 Å². The molecule has 0 bridgehead atoms. The summed E-state index contributed by atoms with van der Waals surface area (Å²) in [6, 6.07) is 15.2. The quantitative estimate of drug-likeness (QED) is 0.402. The van der Waals surface area contributed by atoms with E-state index in [4.69, 9.17) is 4.74 Å². The zero-order valence-corrected chi connectivity index (χ0v) is 17.3. The smallest absolute Gasteiger partial charge is 0.338 e. The molecule has 0 saturated heterocycles. The van der Waals surface area contributed by atoms with Crippen molar-refractivity contribution in [1.29, 1.82) is 0 Å². The molecule has 0 radical (unpaired) electrons. The standard InChI is InChI=1S/C23H17N5O4/c1-25-19-18(20(29)26(2)23(25)31)27-11-17(13-6-4-3-5-7-13)28(22(27)24-19)15-8-9-16-14(10-15)12-32-21(16)30/h3-11H,12H2,1-2H3. The lowest BCUT2D eigenvalue weighted by Crippen LogP contribution is -2.37. The van der Waals surface area contributed by atoms with Crippen molar-refractivity contribution in [3.63, 3.8) is 0 Å². The molecule has 0 fully saturated rings. The van der Waals surface area contributed by atoms with Crippen LogP contribution in [-0.4, -0.2) is 29.1 Å². The molecular weight excluding hydrogens is 410 g/mol. The molecule has 1 aliphatic rings. The van der Waals surface area contributed by atoms with Gasteiger partial charge in [0.25, 0.3) is 5.56 Å². The molecule has 9 nitrogen and oxygen atoms in total. The SMILES string of the molecule is Cn1c(=O)c2c(nc3n(-c4ccc5c(c4)COC5=O)c(-c4ccccc4)cn23)n(C)c1=O. The summed E-state index contributed by atoms with van der Waals surface area (Å²) in [5.41, 5.74) is 3.62. The van der Waals surface area contributed by atoms with E-state index in [0.29, 0.717) is 22.5 Å². The van der Waals surface area contributed by atoms with E-state index in [9.17, 15) is 14.4 Å². The molecule has 0 N–H and O–H groups in total. The van der Waals surface area contributed by atoms with E-state index >= 15 is 0 Å². The third kappa shape index (κ3) is 2.33. The van der Waals surface area contributed by atoms with Crippen LogP contribution in [0.15, 0.2) is 64.3 Å². The lowest BCUT2D eigenvalue weighted by atomic mass is 10.1. The molecule has 32 heavy (non-hydrogen) atoms. The first-order chi connectivity index (χ1) is 15.5. The summed E-state index contributed by atoms with van der Waals surface area (Å²) < 4.78 is 11.2. The number of hydrogen-bond acceptors (Lipinski definition) is 5. The fraction of sp³-hybridized carbons (Fsp3) is 0.130. The van der Waals surface area contributed by atoms with Crippen LogP contribution in [-0.2, 0) is 25.4 Å². The second kappa shape index (κ2) is 6.30. The second-order valence-electron chi connectivity index (χ2n) is 7.79. The summed E-state index contributed by atoms with van der Waals surface area (Å²) in [6.07, 6.45) is 1.85. The van der Waals surface area contributed by atoms with Gasteiger partial charge in [-0.05, 0) is 18.2 Å². The van der Waals surface area contributed by atoms with Gasteiger partial charge in [0.15, 0.2) is 11.2 Å². The lowest BCUT2D eigenvalue weighted by Gasteiger charge is -2.10. The molecule has 0 atom stereocenters. The summed E-state index contributed by atoms with van der Waals surface area (Å²) in [5, 5.41) is 0. The fourth-order valence-electron chi connectivity index (χ4n) is 4.30. The van der Waals surface area contributed by atoms with Crippen LogP contribution in [0.3, 0.4) is 0 Å². The van der Waals surface area contributed by atoms with Crippen molar-refractivity contribution < 1.29 is 9.53 Å². The van der Waals surface area contributed by atoms with Crippen molar-refractivity contribution in [3.8, 4) is 16.9 Å². The normalized spacial score (nSPS) is 13.1. The molecule has 0 spiro atoms. The number of hydrogen-bond donors (Lipinski definition) is 0. The Bertz CT molecular complexity index is 1700. The first kappa shape index (κ1) is 18.4. The van der Waals surface area contributed by atoms with E-state index in [2.05, 4.69) is 4.98 Å². The highest BCUT2D eigenvalue weighted by atomic mass is 16.5. The Hall–Kier alpha value is -4.40. The molecule has 158 valence electrons.